The van der Waals surface area contributed by atoms with Gasteiger partial charge in [-0.15, -0.1) is 0 Å². The molecule has 2 atom stereocenters. The highest BCUT2D eigenvalue weighted by Crippen LogP contribution is 2.45. The maximum atomic E-state index is 10.5. The van der Waals surface area contributed by atoms with Gasteiger partial charge in [-0.05, 0) is 48.2 Å². The van der Waals surface area contributed by atoms with Crippen molar-refractivity contribution in [3.05, 3.63) is 59.7 Å². The van der Waals surface area contributed by atoms with Crippen LogP contribution in [-0.2, 0) is 21.4 Å². The molecule has 0 amide bonds. The Morgan fingerprint density at radius 1 is 1.11 bits per heavy atom. The molecule has 2 aromatic rings. The van der Waals surface area contributed by atoms with Crippen molar-refractivity contribution < 1.29 is 43.4 Å². The van der Waals surface area contributed by atoms with E-state index in [1.165, 1.54) is 11.1 Å². The van der Waals surface area contributed by atoms with E-state index in [4.69, 9.17) is 19.4 Å². The lowest BCUT2D eigenvalue weighted by molar-refractivity contribution is -0.460. The number of hydrogen-bond acceptors (Lipinski definition) is 5. The predicted molar refractivity (Wildman–Crippen MR) is 123 cm³/mol. The summed E-state index contributed by atoms with van der Waals surface area (Å²) in [6, 6.07) is 15.8. The minimum Gasteiger partial charge on any atom is -0.542 e. The van der Waals surface area contributed by atoms with Crippen molar-refractivity contribution in [2.45, 2.75) is 69.7 Å². The Morgan fingerprint density at radius 2 is 1.71 bits per heavy atom. The third kappa shape index (κ3) is 7.60. The van der Waals surface area contributed by atoms with E-state index in [9.17, 15) is 18.3 Å². The van der Waals surface area contributed by atoms with Crippen LogP contribution in [0.25, 0.3) is 0 Å². The van der Waals surface area contributed by atoms with E-state index in [2.05, 4.69) is 25.6 Å². The standard InChI is InChI=1S/C24H33NO3.C2HF3O2/c1-3-12-24(13-4-2)21-17-19(26)11-10-18(21)16-22(23(24)25)28-15-14-27-20-8-6-5-7-9-20;3-2(4,5)1(6)7/h5-11,17,22-23,26H,3-4,12-16,25H2,1-2H3;(H,6,7). The maximum Gasteiger partial charge on any atom is 0.430 e. The van der Waals surface area contributed by atoms with Crippen LogP contribution in [0.2, 0.25) is 0 Å². The first-order valence-corrected chi connectivity index (χ1v) is 11.8. The first-order chi connectivity index (χ1) is 16.5. The van der Waals surface area contributed by atoms with Gasteiger partial charge in [0, 0.05) is 6.42 Å². The smallest absolute Gasteiger partial charge is 0.430 e. The largest absolute Gasteiger partial charge is 0.542 e. The highest BCUT2D eigenvalue weighted by atomic mass is 19.4. The average Bonchev–Trinajstić information content (AvgIpc) is 2.81. The average molecular weight is 498 g/mol. The van der Waals surface area contributed by atoms with Crippen molar-refractivity contribution in [1.82, 2.24) is 0 Å². The molecule has 35 heavy (non-hydrogen) atoms. The number of rotatable bonds is 9. The van der Waals surface area contributed by atoms with Gasteiger partial charge in [-0.25, -0.2) is 0 Å². The number of para-hydroxylation sites is 1. The summed E-state index contributed by atoms with van der Waals surface area (Å²) in [6.07, 6.45) is 0.00670. The molecule has 0 bridgehead atoms. The molecule has 2 unspecified atom stereocenters. The number of halogens is 3. The number of alkyl halides is 3. The number of benzene rings is 2. The summed E-state index contributed by atoms with van der Waals surface area (Å²) in [5, 5.41) is 18.9. The molecular formula is C26H34F3NO5. The Kier molecular flexibility index (Phi) is 10.4. The third-order valence-electron chi connectivity index (χ3n) is 6.26. The number of aromatic hydroxyl groups is 1. The van der Waals surface area contributed by atoms with Crippen molar-refractivity contribution in [2.24, 2.45) is 0 Å². The van der Waals surface area contributed by atoms with Crippen molar-refractivity contribution in [3.8, 4) is 11.5 Å². The summed E-state index contributed by atoms with van der Waals surface area (Å²) in [6.45, 7) is 5.53. The van der Waals surface area contributed by atoms with E-state index < -0.39 is 12.1 Å². The first kappa shape index (κ1) is 28.5. The summed E-state index contributed by atoms with van der Waals surface area (Å²) in [5.41, 5.74) is 7.11. The van der Waals surface area contributed by atoms with E-state index in [-0.39, 0.29) is 17.6 Å². The van der Waals surface area contributed by atoms with Gasteiger partial charge in [-0.1, -0.05) is 51.0 Å². The predicted octanol–water partition coefficient (Wildman–Crippen LogP) is 3.16. The van der Waals surface area contributed by atoms with Crippen molar-refractivity contribution >= 4 is 5.97 Å². The van der Waals surface area contributed by atoms with E-state index in [0.717, 1.165) is 37.9 Å². The highest BCUT2D eigenvalue weighted by Gasteiger charge is 2.49. The number of phenols is 1. The van der Waals surface area contributed by atoms with Crippen molar-refractivity contribution in [1.29, 1.82) is 0 Å². The molecule has 1 aliphatic rings. The zero-order valence-electron chi connectivity index (χ0n) is 20.1. The number of carbonyl (C=O) groups excluding carboxylic acids is 1. The van der Waals surface area contributed by atoms with E-state index in [1.54, 1.807) is 6.07 Å². The number of aliphatic carboxylic acids is 1. The molecule has 0 aromatic heterocycles. The molecule has 9 heteroatoms. The van der Waals surface area contributed by atoms with Gasteiger partial charge in [0.15, 0.2) is 0 Å². The fraction of sp³-hybridized carbons (Fsp3) is 0.500. The second-order valence-electron chi connectivity index (χ2n) is 8.66. The number of carboxylic acid groups (broad SMARTS) is 1. The molecule has 0 saturated heterocycles. The molecule has 0 saturated carbocycles. The van der Waals surface area contributed by atoms with E-state index in [0.29, 0.717) is 19.0 Å². The number of carbonyl (C=O) groups is 1. The van der Waals surface area contributed by atoms with Crippen LogP contribution in [0.5, 0.6) is 11.5 Å². The second-order valence-corrected chi connectivity index (χ2v) is 8.66. The van der Waals surface area contributed by atoms with Gasteiger partial charge < -0.3 is 30.2 Å². The normalized spacial score (nSPS) is 18.7. The number of quaternary nitrogens is 1. The lowest BCUT2D eigenvalue weighted by Crippen LogP contribution is -2.76. The molecule has 0 aliphatic heterocycles. The van der Waals surface area contributed by atoms with Gasteiger partial charge in [0.05, 0.1) is 12.0 Å². The number of fused-ring (bicyclic) bond motifs is 1. The number of phenolic OH excluding ortho intramolecular Hbond substituents is 1. The Balaban J connectivity index is 0.000000540. The van der Waals surface area contributed by atoms with Gasteiger partial charge in [0.25, 0.3) is 0 Å². The van der Waals surface area contributed by atoms with Crippen LogP contribution in [0.3, 0.4) is 0 Å². The van der Waals surface area contributed by atoms with Gasteiger partial charge >= 0.3 is 6.18 Å². The fourth-order valence-corrected chi connectivity index (χ4v) is 4.83. The molecular weight excluding hydrogens is 463 g/mol. The minimum atomic E-state index is -5.19. The monoisotopic (exact) mass is 497 g/mol. The molecule has 2 aromatic carbocycles. The molecule has 0 fully saturated rings. The van der Waals surface area contributed by atoms with Gasteiger partial charge in [0.1, 0.15) is 36.2 Å². The van der Waals surface area contributed by atoms with Crippen LogP contribution >= 0.6 is 0 Å². The van der Waals surface area contributed by atoms with Gasteiger partial charge in [0.2, 0.25) is 0 Å². The van der Waals surface area contributed by atoms with E-state index in [1.807, 2.05) is 36.4 Å². The zero-order chi connectivity index (χ0) is 26.1. The molecule has 1 aliphatic carbocycles. The summed E-state index contributed by atoms with van der Waals surface area (Å²) in [4.78, 5) is 8.78. The molecule has 0 radical (unpaired) electrons. The van der Waals surface area contributed by atoms with Crippen molar-refractivity contribution in [2.75, 3.05) is 13.2 Å². The summed E-state index contributed by atoms with van der Waals surface area (Å²) >= 11 is 0. The number of carboxylic acids is 1. The molecule has 6 nitrogen and oxygen atoms in total. The number of ether oxygens (including phenoxy) is 2. The third-order valence-corrected chi connectivity index (χ3v) is 6.26. The quantitative estimate of drug-likeness (QED) is 0.518. The lowest BCUT2D eigenvalue weighted by atomic mass is 9.61. The molecule has 3 rings (SSSR count). The maximum absolute atomic E-state index is 10.5. The Morgan fingerprint density at radius 3 is 2.26 bits per heavy atom. The summed E-state index contributed by atoms with van der Waals surface area (Å²) < 4.78 is 43.6. The molecule has 4 N–H and O–H groups in total. The Hall–Kier alpha value is -2.78. The van der Waals surface area contributed by atoms with Gasteiger partial charge in [-0.3, -0.25) is 0 Å². The van der Waals surface area contributed by atoms with Crippen LogP contribution in [-0.4, -0.2) is 42.6 Å². The van der Waals surface area contributed by atoms with Crippen LogP contribution in [0.4, 0.5) is 13.2 Å². The first-order valence-electron chi connectivity index (χ1n) is 11.8. The van der Waals surface area contributed by atoms with Crippen molar-refractivity contribution in [3.63, 3.8) is 0 Å². The SMILES string of the molecule is CCCC1(CCC)c2cc(O)ccc2CC(OCCOc2ccccc2)C1[NH3+].O=C([O-])C(F)(F)F. The molecule has 0 heterocycles. The summed E-state index contributed by atoms with van der Waals surface area (Å²) in [7, 11) is 0. The highest BCUT2D eigenvalue weighted by molar-refractivity contribution is 5.70. The second kappa shape index (κ2) is 12.8. The lowest BCUT2D eigenvalue weighted by Gasteiger charge is -2.45. The van der Waals surface area contributed by atoms with Crippen LogP contribution in [0.1, 0.15) is 50.7 Å². The number of hydrogen-bond donors (Lipinski definition) is 2. The van der Waals surface area contributed by atoms with Crippen LogP contribution < -0.4 is 15.6 Å². The molecule has 194 valence electrons. The fourth-order valence-electron chi connectivity index (χ4n) is 4.83. The Labute approximate surface area is 203 Å². The minimum absolute atomic E-state index is 0.0409. The Bertz CT molecular complexity index is 930. The summed E-state index contributed by atoms with van der Waals surface area (Å²) in [5.74, 6) is -1.79. The zero-order valence-corrected chi connectivity index (χ0v) is 20.1. The van der Waals surface area contributed by atoms with Crippen LogP contribution in [0, 0.1) is 0 Å². The van der Waals surface area contributed by atoms with E-state index >= 15 is 0 Å². The molecule has 0 spiro atoms. The topological polar surface area (TPSA) is 106 Å². The van der Waals surface area contributed by atoms with Crippen LogP contribution in [0.15, 0.2) is 48.5 Å². The van der Waals surface area contributed by atoms with Gasteiger partial charge in [-0.2, -0.15) is 13.2 Å².